The van der Waals surface area contributed by atoms with Gasteiger partial charge in [0.25, 0.3) is 0 Å². The number of carbonyl (C=O) groups excluding carboxylic acids is 2. The summed E-state index contributed by atoms with van der Waals surface area (Å²) in [6.07, 6.45) is 3.27. The van der Waals surface area contributed by atoms with Gasteiger partial charge in [0.15, 0.2) is 5.78 Å². The molecule has 3 aromatic rings. The van der Waals surface area contributed by atoms with Gasteiger partial charge in [-0.25, -0.2) is 4.98 Å². The van der Waals surface area contributed by atoms with Gasteiger partial charge in [0.1, 0.15) is 16.8 Å². The number of rotatable bonds is 8. The highest BCUT2D eigenvalue weighted by Crippen LogP contribution is 2.25. The van der Waals surface area contributed by atoms with E-state index in [9.17, 15) is 9.59 Å². The number of methoxy groups -OCH3 is 1. The van der Waals surface area contributed by atoms with E-state index < -0.39 is 0 Å². The Hall–Kier alpha value is -3.03. The maximum Gasteiger partial charge on any atom is 0.235 e. The van der Waals surface area contributed by atoms with Gasteiger partial charge in [-0.15, -0.1) is 11.3 Å². The first-order valence-corrected chi connectivity index (χ1v) is 11.7. The van der Waals surface area contributed by atoms with E-state index in [4.69, 9.17) is 4.74 Å². The maximum atomic E-state index is 12.8. The molecule has 1 aromatic heterocycles. The molecule has 2 aromatic carbocycles. The number of thiazole rings is 1. The number of hydrogen-bond acceptors (Lipinski definition) is 6. The van der Waals surface area contributed by atoms with Crippen LogP contribution in [0.3, 0.4) is 0 Å². The highest BCUT2D eigenvalue weighted by atomic mass is 32.1. The Morgan fingerprint density at radius 3 is 2.47 bits per heavy atom. The van der Waals surface area contributed by atoms with Crippen LogP contribution < -0.4 is 10.1 Å². The molecule has 0 radical (unpaired) electrons. The van der Waals surface area contributed by atoms with Crippen molar-refractivity contribution in [2.24, 2.45) is 5.92 Å². The molecule has 1 aliphatic heterocycles. The molecule has 1 fully saturated rings. The molecular formula is C25H27N3O3S. The number of aromatic nitrogens is 1. The van der Waals surface area contributed by atoms with Crippen LogP contribution in [0.2, 0.25) is 0 Å². The molecule has 1 unspecified atom stereocenters. The van der Waals surface area contributed by atoms with E-state index in [0.717, 1.165) is 47.8 Å². The van der Waals surface area contributed by atoms with E-state index in [1.54, 1.807) is 13.3 Å². The van der Waals surface area contributed by atoms with Gasteiger partial charge in [-0.1, -0.05) is 30.3 Å². The zero-order valence-electron chi connectivity index (χ0n) is 18.1. The minimum Gasteiger partial charge on any atom is -0.497 e. The Labute approximate surface area is 192 Å². The van der Waals surface area contributed by atoms with Crippen LogP contribution in [0.5, 0.6) is 5.75 Å². The lowest BCUT2D eigenvalue weighted by Gasteiger charge is -2.31. The van der Waals surface area contributed by atoms with E-state index in [1.807, 2.05) is 60.0 Å². The van der Waals surface area contributed by atoms with Crippen molar-refractivity contribution in [2.75, 3.05) is 26.7 Å². The highest BCUT2D eigenvalue weighted by molar-refractivity contribution is 7.09. The Kier molecular flexibility index (Phi) is 7.29. The second-order valence-electron chi connectivity index (χ2n) is 7.92. The van der Waals surface area contributed by atoms with Gasteiger partial charge in [0, 0.05) is 23.1 Å². The summed E-state index contributed by atoms with van der Waals surface area (Å²) in [4.78, 5) is 32.2. The molecule has 6 nitrogen and oxygen atoms in total. The topological polar surface area (TPSA) is 71.5 Å². The number of benzene rings is 2. The van der Waals surface area contributed by atoms with E-state index >= 15 is 0 Å². The fourth-order valence-electron chi connectivity index (χ4n) is 4.06. The molecule has 1 aliphatic rings. The summed E-state index contributed by atoms with van der Waals surface area (Å²) in [6, 6.07) is 16.9. The van der Waals surface area contributed by atoms with Gasteiger partial charge in [-0.2, -0.15) is 0 Å². The number of Topliss-reactive ketones (excluding diaryl/α,β-unsaturated/α-hetero) is 1. The van der Waals surface area contributed by atoms with Crippen molar-refractivity contribution in [2.45, 2.75) is 18.9 Å². The van der Waals surface area contributed by atoms with Gasteiger partial charge in [0.2, 0.25) is 5.91 Å². The van der Waals surface area contributed by atoms with Gasteiger partial charge in [0.05, 0.1) is 13.7 Å². The zero-order chi connectivity index (χ0) is 22.3. The van der Waals surface area contributed by atoms with Crippen molar-refractivity contribution in [1.29, 1.82) is 0 Å². The first-order chi connectivity index (χ1) is 15.6. The third-order valence-electron chi connectivity index (χ3n) is 5.84. The molecule has 1 saturated heterocycles. The van der Waals surface area contributed by atoms with Crippen LogP contribution in [0.15, 0.2) is 66.2 Å². The highest BCUT2D eigenvalue weighted by Gasteiger charge is 2.27. The Morgan fingerprint density at radius 1 is 1.12 bits per heavy atom. The van der Waals surface area contributed by atoms with Gasteiger partial charge in [-0.05, 0) is 55.8 Å². The van der Waals surface area contributed by atoms with Crippen molar-refractivity contribution in [3.63, 3.8) is 0 Å². The van der Waals surface area contributed by atoms with Crippen molar-refractivity contribution in [3.05, 3.63) is 82.3 Å². The summed E-state index contributed by atoms with van der Waals surface area (Å²) >= 11 is 1.53. The second kappa shape index (κ2) is 10.5. The van der Waals surface area contributed by atoms with Crippen molar-refractivity contribution >= 4 is 23.0 Å². The number of nitrogens with zero attached hydrogens (tertiary/aromatic N) is 2. The van der Waals surface area contributed by atoms with Crippen LogP contribution in [0.4, 0.5) is 0 Å². The molecule has 1 amide bonds. The van der Waals surface area contributed by atoms with Gasteiger partial charge in [-0.3, -0.25) is 14.5 Å². The number of hydrogen-bond donors (Lipinski definition) is 1. The van der Waals surface area contributed by atoms with Crippen LogP contribution in [-0.4, -0.2) is 48.3 Å². The molecule has 0 spiro atoms. The van der Waals surface area contributed by atoms with Crippen LogP contribution >= 0.6 is 11.3 Å². The number of piperidine rings is 1. The summed E-state index contributed by atoms with van der Waals surface area (Å²) in [5.74, 6) is 0.877. The summed E-state index contributed by atoms with van der Waals surface area (Å²) < 4.78 is 5.17. The molecular weight excluding hydrogens is 422 g/mol. The second-order valence-corrected chi connectivity index (χ2v) is 8.85. The third-order valence-corrected chi connectivity index (χ3v) is 6.68. The van der Waals surface area contributed by atoms with Crippen LogP contribution in [-0.2, 0) is 4.79 Å². The zero-order valence-corrected chi connectivity index (χ0v) is 18.9. The fourth-order valence-corrected chi connectivity index (χ4v) is 4.78. The van der Waals surface area contributed by atoms with Crippen LogP contribution in [0, 0.1) is 5.92 Å². The predicted molar refractivity (Wildman–Crippen MR) is 125 cm³/mol. The van der Waals surface area contributed by atoms with E-state index in [2.05, 4.69) is 15.2 Å². The quantitative estimate of drug-likeness (QED) is 0.527. The Morgan fingerprint density at radius 2 is 1.84 bits per heavy atom. The molecule has 166 valence electrons. The molecule has 1 atom stereocenters. The minimum atomic E-state index is -0.252. The van der Waals surface area contributed by atoms with Crippen molar-refractivity contribution in [3.8, 4) is 5.75 Å². The maximum absolute atomic E-state index is 12.8. The smallest absolute Gasteiger partial charge is 0.235 e. The van der Waals surface area contributed by atoms with Gasteiger partial charge >= 0.3 is 0 Å². The molecule has 2 heterocycles. The SMILES string of the molecule is COc1ccc(C(=O)C2CCN(CC(=O)NC(c3ccccc3)c3nccs3)CC2)cc1. The van der Waals surface area contributed by atoms with Crippen molar-refractivity contribution < 1.29 is 14.3 Å². The average molecular weight is 450 g/mol. The summed E-state index contributed by atoms with van der Waals surface area (Å²) in [7, 11) is 1.61. The predicted octanol–water partition coefficient (Wildman–Crippen LogP) is 3.95. The lowest BCUT2D eigenvalue weighted by atomic mass is 9.89. The lowest BCUT2D eigenvalue weighted by Crippen LogP contribution is -2.43. The first-order valence-electron chi connectivity index (χ1n) is 10.8. The molecule has 32 heavy (non-hydrogen) atoms. The standard InChI is InChI=1S/C25H27N3O3S/c1-31-21-9-7-19(8-10-21)24(30)20-11-14-28(15-12-20)17-22(29)27-23(25-26-13-16-32-25)18-5-3-2-4-6-18/h2-10,13,16,20,23H,11-12,14-15,17H2,1H3,(H,27,29). The van der Waals surface area contributed by atoms with Crippen LogP contribution in [0.25, 0.3) is 0 Å². The number of ether oxygens (including phenoxy) is 1. The lowest BCUT2D eigenvalue weighted by molar-refractivity contribution is -0.123. The van der Waals surface area contributed by atoms with Crippen LogP contribution in [0.1, 0.15) is 39.8 Å². The number of likely N-dealkylation sites (tertiary alicyclic amines) is 1. The monoisotopic (exact) mass is 449 g/mol. The minimum absolute atomic E-state index is 0.00454. The molecule has 1 N–H and O–H groups in total. The summed E-state index contributed by atoms with van der Waals surface area (Å²) in [5, 5.41) is 5.93. The number of carbonyl (C=O) groups is 2. The average Bonchev–Trinajstić information content (AvgIpc) is 3.38. The fraction of sp³-hybridized carbons (Fsp3) is 0.320. The van der Waals surface area contributed by atoms with Crippen molar-refractivity contribution in [1.82, 2.24) is 15.2 Å². The molecule has 7 heteroatoms. The molecule has 0 saturated carbocycles. The number of amides is 1. The molecule has 4 rings (SSSR count). The summed E-state index contributed by atoms with van der Waals surface area (Å²) in [5.41, 5.74) is 1.73. The number of nitrogens with one attached hydrogen (secondary N) is 1. The summed E-state index contributed by atoms with van der Waals surface area (Å²) in [6.45, 7) is 1.78. The molecule has 0 aliphatic carbocycles. The Balaban J connectivity index is 1.31. The third kappa shape index (κ3) is 5.41. The van der Waals surface area contributed by atoms with E-state index in [1.165, 1.54) is 11.3 Å². The largest absolute Gasteiger partial charge is 0.497 e. The normalized spacial score (nSPS) is 15.8. The van der Waals surface area contributed by atoms with Gasteiger partial charge < -0.3 is 10.1 Å². The van der Waals surface area contributed by atoms with E-state index in [0.29, 0.717) is 6.54 Å². The Bertz CT molecular complexity index is 1010. The van der Waals surface area contributed by atoms with E-state index in [-0.39, 0.29) is 23.7 Å². The first kappa shape index (κ1) is 22.2. The number of ketones is 1. The molecule has 0 bridgehead atoms.